The maximum Gasteiger partial charge on any atom is 0.350 e. The van der Waals surface area contributed by atoms with Crippen LogP contribution in [0.15, 0.2) is 34.8 Å². The van der Waals surface area contributed by atoms with Gasteiger partial charge in [-0.25, -0.2) is 9.78 Å². The number of nitrogens with zero attached hydrogens (tertiary/aromatic N) is 1. The van der Waals surface area contributed by atoms with Crippen LogP contribution in [0.5, 0.6) is 0 Å². The van der Waals surface area contributed by atoms with E-state index in [2.05, 4.69) is 26.2 Å². The smallest absolute Gasteiger partial charge is 0.350 e. The van der Waals surface area contributed by atoms with Gasteiger partial charge in [0.15, 0.2) is 5.13 Å². The van der Waals surface area contributed by atoms with E-state index in [1.165, 1.54) is 0 Å². The van der Waals surface area contributed by atoms with Crippen LogP contribution in [-0.2, 0) is 9.53 Å². The van der Waals surface area contributed by atoms with Gasteiger partial charge >= 0.3 is 5.97 Å². The molecule has 1 aromatic heterocycles. The third-order valence-electron chi connectivity index (χ3n) is 2.79. The number of nitrogens with one attached hydrogen (secondary N) is 1. The van der Waals surface area contributed by atoms with Gasteiger partial charge in [0.25, 0.3) is 5.91 Å². The minimum Gasteiger partial charge on any atom is -0.462 e. The van der Waals surface area contributed by atoms with Crippen molar-refractivity contribution in [2.24, 2.45) is 0 Å². The molecule has 0 saturated heterocycles. The van der Waals surface area contributed by atoms with Crippen molar-refractivity contribution in [3.05, 3.63) is 50.9 Å². The van der Waals surface area contributed by atoms with Crippen molar-refractivity contribution in [2.75, 3.05) is 11.9 Å². The largest absolute Gasteiger partial charge is 0.462 e. The Morgan fingerprint density at radius 3 is 2.70 bits per heavy atom. The Kier molecular flexibility index (Phi) is 6.06. The fourth-order valence-corrected chi connectivity index (χ4v) is 2.97. The van der Waals surface area contributed by atoms with Crippen LogP contribution in [0.4, 0.5) is 5.13 Å². The number of carbonyl (C=O) groups is 2. The van der Waals surface area contributed by atoms with Gasteiger partial charge in [-0.05, 0) is 41.4 Å². The highest BCUT2D eigenvalue weighted by molar-refractivity contribution is 9.12. The number of carbonyl (C=O) groups excluding carboxylic acids is 2. The molecule has 2 aromatic rings. The minimum absolute atomic E-state index is 0.295. The average molecular weight is 395 g/mol. The van der Waals surface area contributed by atoms with E-state index in [1.54, 1.807) is 19.9 Å². The predicted molar refractivity (Wildman–Crippen MR) is 94.8 cm³/mol. The van der Waals surface area contributed by atoms with Crippen molar-refractivity contribution in [1.82, 2.24) is 4.98 Å². The van der Waals surface area contributed by atoms with Crippen LogP contribution in [0.2, 0.25) is 0 Å². The van der Waals surface area contributed by atoms with Crippen LogP contribution in [0, 0.1) is 6.92 Å². The molecule has 7 heteroatoms. The van der Waals surface area contributed by atoms with E-state index in [-0.39, 0.29) is 5.91 Å². The molecule has 0 radical (unpaired) electrons. The molecule has 5 nitrogen and oxygen atoms in total. The molecule has 1 amide bonds. The molecular formula is C16H15BrN2O3S. The molecule has 0 bridgehead atoms. The Balaban J connectivity index is 2.10. The van der Waals surface area contributed by atoms with Crippen LogP contribution in [0.1, 0.15) is 27.9 Å². The molecular weight excluding hydrogens is 380 g/mol. The van der Waals surface area contributed by atoms with Gasteiger partial charge in [-0.1, -0.05) is 41.7 Å². The average Bonchev–Trinajstić information content (AvgIpc) is 2.89. The number of aryl methyl sites for hydroxylation is 1. The van der Waals surface area contributed by atoms with Crippen molar-refractivity contribution < 1.29 is 14.3 Å². The number of halogens is 1. The molecule has 0 aliphatic carbocycles. The summed E-state index contributed by atoms with van der Waals surface area (Å²) in [5, 5.41) is 3.02. The summed E-state index contributed by atoms with van der Waals surface area (Å²) in [5.41, 5.74) is 1.43. The van der Waals surface area contributed by atoms with Gasteiger partial charge in [-0.3, -0.25) is 10.1 Å². The monoisotopic (exact) mass is 394 g/mol. The molecule has 2 rings (SSSR count). The van der Waals surface area contributed by atoms with Crippen molar-refractivity contribution >= 4 is 50.4 Å². The second kappa shape index (κ2) is 8.03. The lowest BCUT2D eigenvalue weighted by Gasteiger charge is -2.00. The number of benzene rings is 1. The number of ether oxygens (including phenoxy) is 1. The fraction of sp³-hybridized carbons (Fsp3) is 0.188. The number of thiazole rings is 1. The number of amides is 1. The molecule has 0 atom stereocenters. The summed E-state index contributed by atoms with van der Waals surface area (Å²) in [6.45, 7) is 3.74. The normalized spacial score (nSPS) is 11.2. The fourth-order valence-electron chi connectivity index (χ4n) is 1.75. The molecule has 1 aromatic carbocycles. The maximum atomic E-state index is 12.2. The number of esters is 1. The van der Waals surface area contributed by atoms with Crippen LogP contribution in [0.3, 0.4) is 0 Å². The number of rotatable bonds is 5. The Labute approximate surface area is 146 Å². The van der Waals surface area contributed by atoms with Crippen LogP contribution in [0.25, 0.3) is 6.08 Å². The van der Waals surface area contributed by atoms with E-state index in [9.17, 15) is 9.59 Å². The maximum absolute atomic E-state index is 12.2. The Bertz CT molecular complexity index is 741. The second-order valence-electron chi connectivity index (χ2n) is 4.51. The van der Waals surface area contributed by atoms with Crippen molar-refractivity contribution in [3.8, 4) is 0 Å². The second-order valence-corrected chi connectivity index (χ2v) is 6.36. The molecule has 23 heavy (non-hydrogen) atoms. The first-order valence-corrected chi connectivity index (χ1v) is 8.50. The zero-order chi connectivity index (χ0) is 16.8. The molecule has 1 N–H and O–H groups in total. The first-order chi connectivity index (χ1) is 11.0. The molecule has 1 heterocycles. The molecule has 0 saturated carbocycles. The first kappa shape index (κ1) is 17.4. The van der Waals surface area contributed by atoms with E-state index >= 15 is 0 Å². The summed E-state index contributed by atoms with van der Waals surface area (Å²) >= 11 is 4.34. The Hall–Kier alpha value is -1.99. The van der Waals surface area contributed by atoms with Gasteiger partial charge in [-0.15, -0.1) is 0 Å². The first-order valence-electron chi connectivity index (χ1n) is 6.89. The number of anilines is 1. The lowest BCUT2D eigenvalue weighted by atomic mass is 10.2. The highest BCUT2D eigenvalue weighted by Crippen LogP contribution is 2.24. The SMILES string of the molecule is CCOC(=O)c1sc(NC(=O)/C(Br)=C/c2ccccc2)nc1C. The van der Waals surface area contributed by atoms with E-state index < -0.39 is 5.97 Å². The quantitative estimate of drug-likeness (QED) is 0.614. The predicted octanol–water partition coefficient (Wildman–Crippen LogP) is 4.00. The summed E-state index contributed by atoms with van der Waals surface area (Å²) < 4.78 is 5.32. The Morgan fingerprint density at radius 2 is 2.04 bits per heavy atom. The van der Waals surface area contributed by atoms with Crippen LogP contribution in [-0.4, -0.2) is 23.5 Å². The highest BCUT2D eigenvalue weighted by atomic mass is 79.9. The van der Waals surface area contributed by atoms with E-state index in [0.717, 1.165) is 16.9 Å². The van der Waals surface area contributed by atoms with E-state index in [0.29, 0.717) is 26.8 Å². The van der Waals surface area contributed by atoms with Gasteiger partial charge in [0.2, 0.25) is 0 Å². The zero-order valence-electron chi connectivity index (χ0n) is 12.6. The number of hydrogen-bond acceptors (Lipinski definition) is 5. The standard InChI is InChI=1S/C16H15BrN2O3S/c1-3-22-15(21)13-10(2)18-16(23-13)19-14(20)12(17)9-11-7-5-4-6-8-11/h4-9H,3H2,1-2H3,(H,18,19,20)/b12-9-. The lowest BCUT2D eigenvalue weighted by molar-refractivity contribution is -0.112. The van der Waals surface area contributed by atoms with Gasteiger partial charge in [0, 0.05) is 0 Å². The summed E-state index contributed by atoms with van der Waals surface area (Å²) in [4.78, 5) is 28.5. The highest BCUT2D eigenvalue weighted by Gasteiger charge is 2.18. The molecule has 0 spiro atoms. The summed E-state index contributed by atoms with van der Waals surface area (Å²) in [6, 6.07) is 9.46. The molecule has 0 fully saturated rings. The minimum atomic E-state index is -0.429. The summed E-state index contributed by atoms with van der Waals surface area (Å²) in [6.07, 6.45) is 1.71. The van der Waals surface area contributed by atoms with Crippen molar-refractivity contribution in [3.63, 3.8) is 0 Å². The topological polar surface area (TPSA) is 68.3 Å². The summed E-state index contributed by atoms with van der Waals surface area (Å²) in [5.74, 6) is -0.764. The number of hydrogen-bond donors (Lipinski definition) is 1. The number of aromatic nitrogens is 1. The Morgan fingerprint density at radius 1 is 1.35 bits per heavy atom. The van der Waals surface area contributed by atoms with E-state index in [1.807, 2.05) is 30.3 Å². The third kappa shape index (κ3) is 4.74. The van der Waals surface area contributed by atoms with Crippen molar-refractivity contribution in [2.45, 2.75) is 13.8 Å². The van der Waals surface area contributed by atoms with Gasteiger partial charge in [0.1, 0.15) is 4.88 Å². The molecule has 120 valence electrons. The third-order valence-corrected chi connectivity index (χ3v) is 4.43. The van der Waals surface area contributed by atoms with Crippen molar-refractivity contribution in [1.29, 1.82) is 0 Å². The molecule has 0 unspecified atom stereocenters. The molecule has 0 aliphatic heterocycles. The summed E-state index contributed by atoms with van der Waals surface area (Å²) in [7, 11) is 0. The lowest BCUT2D eigenvalue weighted by Crippen LogP contribution is -2.10. The van der Waals surface area contributed by atoms with E-state index in [4.69, 9.17) is 4.74 Å². The zero-order valence-corrected chi connectivity index (χ0v) is 15.0. The van der Waals surface area contributed by atoms with Crippen LogP contribution < -0.4 is 5.32 Å². The van der Waals surface area contributed by atoms with Crippen LogP contribution >= 0.6 is 27.3 Å². The van der Waals surface area contributed by atoms with Gasteiger partial charge < -0.3 is 4.74 Å². The van der Waals surface area contributed by atoms with Gasteiger partial charge in [-0.2, -0.15) is 0 Å². The molecule has 0 aliphatic rings. The van der Waals surface area contributed by atoms with Gasteiger partial charge in [0.05, 0.1) is 16.8 Å².